The number of rotatable bonds is 7. The van der Waals surface area contributed by atoms with Crippen molar-refractivity contribution in [3.8, 4) is 0 Å². The van der Waals surface area contributed by atoms with Gasteiger partial charge in [0.05, 0.1) is 24.7 Å². The van der Waals surface area contributed by atoms with Crippen molar-refractivity contribution in [3.63, 3.8) is 0 Å². The van der Waals surface area contributed by atoms with Crippen LogP contribution in [0.1, 0.15) is 24.6 Å². The maximum Gasteiger partial charge on any atom is 0.182 e. The third-order valence-corrected chi connectivity index (χ3v) is 3.63. The minimum Gasteiger partial charge on any atom is -0.381 e. The molecule has 0 aliphatic carbocycles. The molecule has 1 aliphatic rings. The van der Waals surface area contributed by atoms with Crippen molar-refractivity contribution in [2.45, 2.75) is 26.4 Å². The third-order valence-electron chi connectivity index (χ3n) is 2.70. The molecule has 1 N–H and O–H groups in total. The van der Waals surface area contributed by atoms with Crippen LogP contribution >= 0.6 is 11.3 Å². The molecule has 0 aromatic carbocycles. The van der Waals surface area contributed by atoms with Crippen LogP contribution in [-0.4, -0.2) is 31.3 Å². The molecule has 1 aromatic heterocycles. The van der Waals surface area contributed by atoms with E-state index in [4.69, 9.17) is 9.47 Å². The minimum atomic E-state index is 0.584. The normalized spacial score (nSPS) is 19.7. The number of nitrogens with zero attached hydrogens (tertiary/aromatic N) is 1. The van der Waals surface area contributed by atoms with E-state index in [1.165, 1.54) is 4.88 Å². The van der Waals surface area contributed by atoms with E-state index < -0.39 is 0 Å². The number of anilines is 1. The van der Waals surface area contributed by atoms with E-state index in [-0.39, 0.29) is 0 Å². The fourth-order valence-electron chi connectivity index (χ4n) is 1.73. The van der Waals surface area contributed by atoms with Crippen LogP contribution in [0.3, 0.4) is 0 Å². The van der Waals surface area contributed by atoms with Gasteiger partial charge in [0.25, 0.3) is 0 Å². The zero-order valence-electron chi connectivity index (χ0n) is 10.3. The molecule has 96 valence electrons. The first kappa shape index (κ1) is 12.8. The van der Waals surface area contributed by atoms with Crippen molar-refractivity contribution in [2.24, 2.45) is 5.92 Å². The van der Waals surface area contributed by atoms with Gasteiger partial charge in [0.1, 0.15) is 0 Å². The molecule has 0 amide bonds. The lowest BCUT2D eigenvalue weighted by atomic mass is 10.1. The largest absolute Gasteiger partial charge is 0.381 e. The number of ether oxygens (including phenoxy) is 2. The van der Waals surface area contributed by atoms with Gasteiger partial charge >= 0.3 is 0 Å². The second-order valence-electron chi connectivity index (χ2n) is 4.30. The molecule has 1 atom stereocenters. The molecule has 0 saturated carbocycles. The van der Waals surface area contributed by atoms with Crippen molar-refractivity contribution in [1.29, 1.82) is 0 Å². The van der Waals surface area contributed by atoms with Gasteiger partial charge in [-0.2, -0.15) is 0 Å². The maximum atomic E-state index is 5.68. The second kappa shape index (κ2) is 6.93. The fraction of sp³-hybridized carbons (Fsp3) is 0.750. The molecule has 1 fully saturated rings. The Morgan fingerprint density at radius 3 is 3.35 bits per heavy atom. The molecule has 0 radical (unpaired) electrons. The molecule has 1 saturated heterocycles. The standard InChI is InChI=1S/C12H20N2O2S/c1-2-4-13-12-14-6-11(17-12)9-16-8-10-3-5-15-7-10/h6,10H,2-5,7-9H2,1H3,(H,13,14). The van der Waals surface area contributed by atoms with Gasteiger partial charge in [-0.1, -0.05) is 18.3 Å². The first-order valence-corrected chi connectivity index (χ1v) is 7.04. The predicted molar refractivity (Wildman–Crippen MR) is 69.5 cm³/mol. The summed E-state index contributed by atoms with van der Waals surface area (Å²) in [5.74, 6) is 0.584. The average Bonchev–Trinajstić information content (AvgIpc) is 2.98. The summed E-state index contributed by atoms with van der Waals surface area (Å²) in [6.45, 7) is 6.34. The van der Waals surface area contributed by atoms with E-state index in [0.717, 1.165) is 44.3 Å². The van der Waals surface area contributed by atoms with Crippen molar-refractivity contribution >= 4 is 16.5 Å². The van der Waals surface area contributed by atoms with Crippen LogP contribution in [-0.2, 0) is 16.1 Å². The Bertz CT molecular complexity index is 324. The Morgan fingerprint density at radius 2 is 2.59 bits per heavy atom. The summed E-state index contributed by atoms with van der Waals surface area (Å²) in [6, 6.07) is 0. The highest BCUT2D eigenvalue weighted by molar-refractivity contribution is 7.15. The van der Waals surface area contributed by atoms with Gasteiger partial charge in [-0.25, -0.2) is 4.98 Å². The number of hydrogen-bond acceptors (Lipinski definition) is 5. The van der Waals surface area contributed by atoms with Crippen LogP contribution in [0.2, 0.25) is 0 Å². The second-order valence-corrected chi connectivity index (χ2v) is 5.42. The summed E-state index contributed by atoms with van der Waals surface area (Å²) >= 11 is 1.68. The van der Waals surface area contributed by atoms with Crippen LogP contribution < -0.4 is 5.32 Å². The topological polar surface area (TPSA) is 43.4 Å². The SMILES string of the molecule is CCCNc1ncc(COCC2CCOC2)s1. The van der Waals surface area contributed by atoms with E-state index in [1.807, 2.05) is 6.20 Å². The molecular formula is C12H20N2O2S. The van der Waals surface area contributed by atoms with Crippen LogP contribution in [0, 0.1) is 5.92 Å². The Morgan fingerprint density at radius 1 is 1.65 bits per heavy atom. The quantitative estimate of drug-likeness (QED) is 0.814. The van der Waals surface area contributed by atoms with Gasteiger partial charge < -0.3 is 14.8 Å². The van der Waals surface area contributed by atoms with E-state index >= 15 is 0 Å². The molecule has 1 unspecified atom stereocenters. The Kier molecular flexibility index (Phi) is 5.22. The van der Waals surface area contributed by atoms with Gasteiger partial charge in [0.2, 0.25) is 0 Å². The number of thiazole rings is 1. The molecule has 5 heteroatoms. The minimum absolute atomic E-state index is 0.584. The number of hydrogen-bond donors (Lipinski definition) is 1. The molecule has 17 heavy (non-hydrogen) atoms. The Labute approximate surface area is 106 Å². The van der Waals surface area contributed by atoms with Crippen LogP contribution in [0.5, 0.6) is 0 Å². The molecule has 0 spiro atoms. The molecule has 0 bridgehead atoms. The Hall–Kier alpha value is -0.650. The smallest absolute Gasteiger partial charge is 0.182 e. The van der Waals surface area contributed by atoms with Gasteiger partial charge in [-0.3, -0.25) is 0 Å². The lowest BCUT2D eigenvalue weighted by molar-refractivity contribution is 0.0805. The number of nitrogens with one attached hydrogen (secondary N) is 1. The summed E-state index contributed by atoms with van der Waals surface area (Å²) in [4.78, 5) is 5.49. The monoisotopic (exact) mass is 256 g/mol. The highest BCUT2D eigenvalue weighted by Crippen LogP contribution is 2.19. The molecule has 1 aliphatic heterocycles. The van der Waals surface area contributed by atoms with E-state index in [2.05, 4.69) is 17.2 Å². The fourth-order valence-corrected chi connectivity index (χ4v) is 2.50. The summed E-state index contributed by atoms with van der Waals surface area (Å²) in [5.41, 5.74) is 0. The molecular weight excluding hydrogens is 236 g/mol. The lowest BCUT2D eigenvalue weighted by Crippen LogP contribution is -2.08. The highest BCUT2D eigenvalue weighted by atomic mass is 32.1. The van der Waals surface area contributed by atoms with Crippen LogP contribution in [0.25, 0.3) is 0 Å². The lowest BCUT2D eigenvalue weighted by Gasteiger charge is -2.06. The van der Waals surface area contributed by atoms with Crippen molar-refractivity contribution in [3.05, 3.63) is 11.1 Å². The van der Waals surface area contributed by atoms with Gasteiger partial charge in [-0.15, -0.1) is 0 Å². The molecule has 1 aromatic rings. The van der Waals surface area contributed by atoms with E-state index in [0.29, 0.717) is 12.5 Å². The first-order valence-electron chi connectivity index (χ1n) is 6.22. The number of aromatic nitrogens is 1. The van der Waals surface area contributed by atoms with Crippen molar-refractivity contribution < 1.29 is 9.47 Å². The predicted octanol–water partition coefficient (Wildman–Crippen LogP) is 2.52. The van der Waals surface area contributed by atoms with Crippen LogP contribution in [0.15, 0.2) is 6.20 Å². The molecule has 2 rings (SSSR count). The third kappa shape index (κ3) is 4.26. The Balaban J connectivity index is 1.65. The first-order chi connectivity index (χ1) is 8.38. The summed E-state index contributed by atoms with van der Waals surface area (Å²) in [6.07, 6.45) is 4.15. The van der Waals surface area contributed by atoms with Crippen molar-refractivity contribution in [1.82, 2.24) is 4.98 Å². The van der Waals surface area contributed by atoms with Gasteiger partial charge in [0, 0.05) is 25.3 Å². The summed E-state index contributed by atoms with van der Waals surface area (Å²) < 4.78 is 11.0. The zero-order chi connectivity index (χ0) is 11.9. The molecule has 2 heterocycles. The van der Waals surface area contributed by atoms with Gasteiger partial charge in [-0.05, 0) is 12.8 Å². The van der Waals surface area contributed by atoms with E-state index in [1.54, 1.807) is 11.3 Å². The zero-order valence-corrected chi connectivity index (χ0v) is 11.1. The molecule has 4 nitrogen and oxygen atoms in total. The van der Waals surface area contributed by atoms with E-state index in [9.17, 15) is 0 Å². The highest BCUT2D eigenvalue weighted by Gasteiger charge is 2.15. The van der Waals surface area contributed by atoms with Crippen molar-refractivity contribution in [2.75, 3.05) is 31.7 Å². The summed E-state index contributed by atoms with van der Waals surface area (Å²) in [5, 5.41) is 4.27. The van der Waals surface area contributed by atoms with Crippen LogP contribution in [0.4, 0.5) is 5.13 Å². The summed E-state index contributed by atoms with van der Waals surface area (Å²) in [7, 11) is 0. The van der Waals surface area contributed by atoms with Gasteiger partial charge in [0.15, 0.2) is 5.13 Å². The average molecular weight is 256 g/mol. The maximum absolute atomic E-state index is 5.68.